The van der Waals surface area contributed by atoms with Crippen molar-refractivity contribution in [2.75, 3.05) is 19.8 Å². The van der Waals surface area contributed by atoms with Crippen molar-refractivity contribution in [3.05, 3.63) is 29.8 Å². The second-order valence-electron chi connectivity index (χ2n) is 4.48. The molecule has 116 valence electrons. The Balaban J connectivity index is 2.21. The van der Waals surface area contributed by atoms with Crippen LogP contribution in [0.2, 0.25) is 0 Å². The molecular formula is C16H23NO4. The smallest absolute Gasteiger partial charge is 0.307 e. The van der Waals surface area contributed by atoms with Gasteiger partial charge in [0, 0.05) is 13.0 Å². The van der Waals surface area contributed by atoms with Gasteiger partial charge in [0.25, 0.3) is 0 Å². The lowest BCUT2D eigenvalue weighted by Crippen LogP contribution is -2.26. The van der Waals surface area contributed by atoms with Crippen LogP contribution in [0.5, 0.6) is 5.75 Å². The number of benzene rings is 1. The Kier molecular flexibility index (Phi) is 7.94. The van der Waals surface area contributed by atoms with Crippen LogP contribution in [0.4, 0.5) is 0 Å². The van der Waals surface area contributed by atoms with Gasteiger partial charge in [-0.05, 0) is 38.0 Å². The maximum Gasteiger partial charge on any atom is 0.307 e. The number of rotatable bonds is 9. The van der Waals surface area contributed by atoms with E-state index in [0.29, 0.717) is 32.6 Å². The van der Waals surface area contributed by atoms with E-state index in [0.717, 1.165) is 11.3 Å². The van der Waals surface area contributed by atoms with E-state index in [-0.39, 0.29) is 18.3 Å². The molecule has 0 fully saturated rings. The molecule has 0 aliphatic carbocycles. The highest BCUT2D eigenvalue weighted by molar-refractivity contribution is 5.77. The van der Waals surface area contributed by atoms with E-state index in [1.807, 2.05) is 31.2 Å². The van der Waals surface area contributed by atoms with Gasteiger partial charge in [-0.1, -0.05) is 12.1 Å². The molecule has 1 rings (SSSR count). The lowest BCUT2D eigenvalue weighted by atomic mass is 10.1. The molecule has 0 heterocycles. The van der Waals surface area contributed by atoms with Crippen LogP contribution in [0.3, 0.4) is 0 Å². The molecule has 0 aliphatic rings. The third kappa shape index (κ3) is 7.34. The fraction of sp³-hybridized carbons (Fsp3) is 0.500. The maximum absolute atomic E-state index is 11.6. The quantitative estimate of drug-likeness (QED) is 0.708. The molecule has 0 aromatic heterocycles. The van der Waals surface area contributed by atoms with E-state index in [9.17, 15) is 9.59 Å². The maximum atomic E-state index is 11.6. The van der Waals surface area contributed by atoms with Gasteiger partial charge in [0.1, 0.15) is 5.75 Å². The number of carbonyl (C=O) groups excluding carboxylic acids is 2. The molecule has 0 atom stereocenters. The molecule has 0 aliphatic heterocycles. The van der Waals surface area contributed by atoms with E-state index < -0.39 is 0 Å². The monoisotopic (exact) mass is 293 g/mol. The normalized spacial score (nSPS) is 10.0. The molecule has 5 heteroatoms. The summed E-state index contributed by atoms with van der Waals surface area (Å²) >= 11 is 0. The molecule has 1 aromatic rings. The summed E-state index contributed by atoms with van der Waals surface area (Å²) < 4.78 is 10.1. The summed E-state index contributed by atoms with van der Waals surface area (Å²) in [7, 11) is 0. The summed E-state index contributed by atoms with van der Waals surface area (Å²) in [5, 5.41) is 2.71. The van der Waals surface area contributed by atoms with Crippen LogP contribution in [-0.2, 0) is 20.7 Å². The summed E-state index contributed by atoms with van der Waals surface area (Å²) in [6, 6.07) is 7.71. The lowest BCUT2D eigenvalue weighted by molar-refractivity contribution is -0.143. The van der Waals surface area contributed by atoms with Gasteiger partial charge in [-0.2, -0.15) is 0 Å². The molecule has 5 nitrogen and oxygen atoms in total. The Labute approximate surface area is 125 Å². The second-order valence-corrected chi connectivity index (χ2v) is 4.48. The van der Waals surface area contributed by atoms with Gasteiger partial charge in [-0.3, -0.25) is 9.59 Å². The van der Waals surface area contributed by atoms with E-state index >= 15 is 0 Å². The van der Waals surface area contributed by atoms with Gasteiger partial charge < -0.3 is 14.8 Å². The minimum Gasteiger partial charge on any atom is -0.494 e. The van der Waals surface area contributed by atoms with Gasteiger partial charge in [-0.15, -0.1) is 0 Å². The van der Waals surface area contributed by atoms with Crippen LogP contribution < -0.4 is 10.1 Å². The molecule has 1 aromatic carbocycles. The number of esters is 1. The Morgan fingerprint density at radius 1 is 1.05 bits per heavy atom. The average molecular weight is 293 g/mol. The Bertz CT molecular complexity index is 442. The summed E-state index contributed by atoms with van der Waals surface area (Å²) in [6.45, 7) is 5.02. The van der Waals surface area contributed by atoms with Crippen molar-refractivity contribution in [2.24, 2.45) is 0 Å². The van der Waals surface area contributed by atoms with E-state index in [2.05, 4.69) is 5.32 Å². The van der Waals surface area contributed by atoms with Crippen molar-refractivity contribution < 1.29 is 19.1 Å². The van der Waals surface area contributed by atoms with Crippen molar-refractivity contribution >= 4 is 11.9 Å². The van der Waals surface area contributed by atoms with Crippen LogP contribution in [0.15, 0.2) is 24.3 Å². The molecule has 0 spiro atoms. The fourth-order valence-corrected chi connectivity index (χ4v) is 1.80. The first-order chi connectivity index (χ1) is 10.2. The van der Waals surface area contributed by atoms with Crippen LogP contribution in [0, 0.1) is 0 Å². The summed E-state index contributed by atoms with van der Waals surface area (Å²) in [5.74, 6) is 0.484. The topological polar surface area (TPSA) is 64.6 Å². The van der Waals surface area contributed by atoms with Crippen LogP contribution in [0.25, 0.3) is 0 Å². The van der Waals surface area contributed by atoms with Crippen LogP contribution >= 0.6 is 0 Å². The number of aryl methyl sites for hydroxylation is 1. The van der Waals surface area contributed by atoms with Gasteiger partial charge in [0.05, 0.1) is 19.6 Å². The molecule has 1 N–H and O–H groups in total. The number of ether oxygens (including phenoxy) is 2. The third-order valence-corrected chi connectivity index (χ3v) is 2.83. The zero-order valence-electron chi connectivity index (χ0n) is 12.7. The largest absolute Gasteiger partial charge is 0.494 e. The summed E-state index contributed by atoms with van der Waals surface area (Å²) in [5.41, 5.74) is 1.08. The number of nitrogens with one attached hydrogen (secondary N) is 1. The Hall–Kier alpha value is -2.04. The van der Waals surface area contributed by atoms with Crippen molar-refractivity contribution in [3.8, 4) is 5.75 Å². The third-order valence-electron chi connectivity index (χ3n) is 2.83. The van der Waals surface area contributed by atoms with Crippen molar-refractivity contribution in [1.82, 2.24) is 5.32 Å². The molecule has 0 saturated heterocycles. The van der Waals surface area contributed by atoms with E-state index in [1.54, 1.807) is 6.92 Å². The second kappa shape index (κ2) is 9.80. The molecule has 21 heavy (non-hydrogen) atoms. The SMILES string of the molecule is CCOC(=O)CCNC(=O)CCc1ccc(OCC)cc1. The first-order valence-electron chi connectivity index (χ1n) is 7.29. The minimum atomic E-state index is -0.288. The fourth-order valence-electron chi connectivity index (χ4n) is 1.80. The van der Waals surface area contributed by atoms with Crippen LogP contribution in [0.1, 0.15) is 32.3 Å². The lowest BCUT2D eigenvalue weighted by Gasteiger charge is -2.06. The first kappa shape index (κ1) is 17.0. The van der Waals surface area contributed by atoms with Gasteiger partial charge in [0.2, 0.25) is 5.91 Å². The zero-order valence-corrected chi connectivity index (χ0v) is 12.7. The molecular weight excluding hydrogens is 270 g/mol. The standard InChI is InChI=1S/C16H23NO4/c1-3-20-14-8-5-13(6-9-14)7-10-15(18)17-12-11-16(19)21-4-2/h5-6,8-9H,3-4,7,10-12H2,1-2H3,(H,17,18). The van der Waals surface area contributed by atoms with Gasteiger partial charge in [-0.25, -0.2) is 0 Å². The zero-order chi connectivity index (χ0) is 15.5. The van der Waals surface area contributed by atoms with Crippen molar-refractivity contribution in [3.63, 3.8) is 0 Å². The highest BCUT2D eigenvalue weighted by atomic mass is 16.5. The Morgan fingerprint density at radius 3 is 2.38 bits per heavy atom. The molecule has 0 radical (unpaired) electrons. The summed E-state index contributed by atoms with van der Waals surface area (Å²) in [4.78, 5) is 22.7. The number of amides is 1. The predicted octanol–water partition coefficient (Wildman–Crippen LogP) is 2.09. The van der Waals surface area contributed by atoms with Gasteiger partial charge >= 0.3 is 5.97 Å². The molecule has 0 unspecified atom stereocenters. The first-order valence-corrected chi connectivity index (χ1v) is 7.29. The van der Waals surface area contributed by atoms with Gasteiger partial charge in [0.15, 0.2) is 0 Å². The van der Waals surface area contributed by atoms with E-state index in [4.69, 9.17) is 9.47 Å². The highest BCUT2D eigenvalue weighted by Gasteiger charge is 2.05. The summed E-state index contributed by atoms with van der Waals surface area (Å²) in [6.07, 6.45) is 1.27. The predicted molar refractivity (Wildman–Crippen MR) is 80.2 cm³/mol. The molecule has 1 amide bonds. The van der Waals surface area contributed by atoms with E-state index in [1.165, 1.54) is 0 Å². The van der Waals surface area contributed by atoms with Crippen LogP contribution in [-0.4, -0.2) is 31.6 Å². The van der Waals surface area contributed by atoms with Crippen molar-refractivity contribution in [1.29, 1.82) is 0 Å². The number of hydrogen-bond donors (Lipinski definition) is 1. The number of carbonyl (C=O) groups is 2. The number of hydrogen-bond acceptors (Lipinski definition) is 4. The average Bonchev–Trinajstić information content (AvgIpc) is 2.47. The molecule has 0 bridgehead atoms. The minimum absolute atomic E-state index is 0.0619. The Morgan fingerprint density at radius 2 is 1.76 bits per heavy atom. The molecule has 0 saturated carbocycles. The highest BCUT2D eigenvalue weighted by Crippen LogP contribution is 2.13. The van der Waals surface area contributed by atoms with Crippen molar-refractivity contribution in [2.45, 2.75) is 33.1 Å².